The summed E-state index contributed by atoms with van der Waals surface area (Å²) in [5, 5.41) is 0. The lowest BCUT2D eigenvalue weighted by molar-refractivity contribution is -0.141. The minimum atomic E-state index is -4.65. The Morgan fingerprint density at radius 3 is 2.53 bits per heavy atom. The lowest BCUT2D eigenvalue weighted by Crippen LogP contribution is -2.62. The average Bonchev–Trinajstić information content (AvgIpc) is 3.16. The highest BCUT2D eigenvalue weighted by molar-refractivity contribution is 7.89. The summed E-state index contributed by atoms with van der Waals surface area (Å²) in [5.74, 6) is -0.266. The van der Waals surface area contributed by atoms with Crippen LogP contribution in [0, 0.1) is 0 Å². The zero-order chi connectivity index (χ0) is 21.6. The molecule has 3 heterocycles. The van der Waals surface area contributed by atoms with Crippen LogP contribution in [0.4, 0.5) is 23.5 Å². The van der Waals surface area contributed by atoms with Gasteiger partial charge in [-0.2, -0.15) is 17.5 Å². The monoisotopic (exact) mass is 446 g/mol. The highest BCUT2D eigenvalue weighted by Gasteiger charge is 2.57. The van der Waals surface area contributed by atoms with Crippen LogP contribution >= 0.6 is 0 Å². The van der Waals surface area contributed by atoms with E-state index in [2.05, 4.69) is 9.97 Å². The fourth-order valence-corrected chi connectivity index (χ4v) is 5.51. The average molecular weight is 446 g/mol. The number of rotatable bonds is 3. The van der Waals surface area contributed by atoms with Gasteiger partial charge < -0.3 is 9.64 Å². The molecule has 0 bridgehead atoms. The summed E-state index contributed by atoms with van der Waals surface area (Å²) in [5.41, 5.74) is -2.85. The molecule has 0 amide bonds. The lowest BCUT2D eigenvalue weighted by Gasteiger charge is -2.45. The molecule has 0 aliphatic carbocycles. The van der Waals surface area contributed by atoms with Gasteiger partial charge in [-0.05, 0) is 18.2 Å². The van der Waals surface area contributed by atoms with E-state index in [4.69, 9.17) is 4.74 Å². The first-order chi connectivity index (χ1) is 14.1. The molecule has 2 aliphatic heterocycles. The Labute approximate surface area is 170 Å². The Balaban J connectivity index is 1.59. The van der Waals surface area contributed by atoms with Gasteiger partial charge in [0.05, 0.1) is 18.0 Å². The molecule has 30 heavy (non-hydrogen) atoms. The van der Waals surface area contributed by atoms with E-state index in [1.165, 1.54) is 17.0 Å². The van der Waals surface area contributed by atoms with E-state index in [1.807, 2.05) is 0 Å². The molecule has 2 atom stereocenters. The first-order valence-electron chi connectivity index (χ1n) is 9.16. The molecule has 0 saturated carbocycles. The maximum atomic E-state index is 15.4. The summed E-state index contributed by atoms with van der Waals surface area (Å²) in [4.78, 5) is 8.58. The van der Waals surface area contributed by atoms with Crippen LogP contribution in [0.15, 0.2) is 47.5 Å². The van der Waals surface area contributed by atoms with E-state index >= 15 is 4.39 Å². The molecular weight excluding hydrogens is 428 g/mol. The Hall–Kier alpha value is -2.31. The topological polar surface area (TPSA) is 75.6 Å². The number of anilines is 1. The predicted octanol–water partition coefficient (Wildman–Crippen LogP) is 2.46. The smallest absolute Gasteiger partial charge is 0.355 e. The highest BCUT2D eigenvalue weighted by atomic mass is 32.2. The Morgan fingerprint density at radius 2 is 1.87 bits per heavy atom. The van der Waals surface area contributed by atoms with Crippen LogP contribution in [0.5, 0.6) is 0 Å². The molecule has 162 valence electrons. The zero-order valence-electron chi connectivity index (χ0n) is 15.6. The summed E-state index contributed by atoms with van der Waals surface area (Å²) in [7, 11) is -4.02. The van der Waals surface area contributed by atoms with Crippen molar-refractivity contribution < 1.29 is 30.7 Å². The number of piperidine rings is 1. The van der Waals surface area contributed by atoms with Gasteiger partial charge in [-0.3, -0.25) is 0 Å². The van der Waals surface area contributed by atoms with Crippen LogP contribution in [0.1, 0.15) is 12.1 Å². The van der Waals surface area contributed by atoms with Gasteiger partial charge in [-0.15, -0.1) is 0 Å². The molecule has 0 radical (unpaired) electrons. The standard InChI is InChI=1S/C18H18F4N4O3S/c19-14-12-25(16-23-8-6-15(24-16)18(20,21)22)9-7-17(14)26(10-11-29-17)30(27,28)13-4-2-1-3-5-13/h1-6,8,14H,7,9-12H2. The largest absolute Gasteiger partial charge is 0.433 e. The molecule has 2 fully saturated rings. The SMILES string of the molecule is O=S(=O)(c1ccccc1)N1CCOC12CCN(c1nccc(C(F)(F)F)n1)CC2F. The summed E-state index contributed by atoms with van der Waals surface area (Å²) in [6.45, 7) is -0.366. The van der Waals surface area contributed by atoms with E-state index < -0.39 is 40.3 Å². The first-order valence-corrected chi connectivity index (χ1v) is 10.6. The highest BCUT2D eigenvalue weighted by Crippen LogP contribution is 2.40. The molecule has 2 aliphatic rings. The number of alkyl halides is 4. The number of benzene rings is 1. The van der Waals surface area contributed by atoms with Gasteiger partial charge in [0.15, 0.2) is 11.9 Å². The minimum absolute atomic E-state index is 0.0162. The maximum absolute atomic E-state index is 15.4. The molecule has 4 rings (SSSR count). The molecule has 2 unspecified atom stereocenters. The number of hydrogen-bond acceptors (Lipinski definition) is 6. The molecular formula is C18H18F4N4O3S. The van der Waals surface area contributed by atoms with Gasteiger partial charge >= 0.3 is 6.18 Å². The lowest BCUT2D eigenvalue weighted by atomic mass is 9.99. The number of sulfonamides is 1. The summed E-state index contributed by atoms with van der Waals surface area (Å²) in [6, 6.07) is 8.37. The number of hydrogen-bond donors (Lipinski definition) is 0. The first kappa shape index (κ1) is 20.9. The third-order valence-corrected chi connectivity index (χ3v) is 7.17. The Bertz CT molecular complexity index is 1020. The molecule has 1 aromatic heterocycles. The van der Waals surface area contributed by atoms with Crippen molar-refractivity contribution in [1.82, 2.24) is 14.3 Å². The van der Waals surface area contributed by atoms with Crippen LogP contribution in [0.2, 0.25) is 0 Å². The second kappa shape index (κ2) is 7.43. The van der Waals surface area contributed by atoms with Gasteiger partial charge in [0.1, 0.15) is 5.69 Å². The van der Waals surface area contributed by atoms with Crippen LogP contribution in [-0.4, -0.2) is 60.8 Å². The van der Waals surface area contributed by atoms with Crippen LogP contribution in [-0.2, 0) is 20.9 Å². The molecule has 2 saturated heterocycles. The van der Waals surface area contributed by atoms with Crippen LogP contribution in [0.25, 0.3) is 0 Å². The van der Waals surface area contributed by atoms with E-state index in [1.54, 1.807) is 18.2 Å². The summed E-state index contributed by atoms with van der Waals surface area (Å²) < 4.78 is 86.9. The van der Waals surface area contributed by atoms with Gasteiger partial charge in [-0.25, -0.2) is 22.8 Å². The second-order valence-corrected chi connectivity index (χ2v) is 8.85. The fraction of sp³-hybridized carbons (Fsp3) is 0.444. The molecule has 0 N–H and O–H groups in total. The number of halogens is 4. The molecule has 1 aromatic carbocycles. The zero-order valence-corrected chi connectivity index (χ0v) is 16.4. The van der Waals surface area contributed by atoms with E-state index in [0.717, 1.165) is 16.6 Å². The predicted molar refractivity (Wildman–Crippen MR) is 97.8 cm³/mol. The number of nitrogens with zero attached hydrogens (tertiary/aromatic N) is 4. The van der Waals surface area contributed by atoms with Crippen molar-refractivity contribution >= 4 is 16.0 Å². The van der Waals surface area contributed by atoms with Crippen molar-refractivity contribution in [2.45, 2.75) is 29.4 Å². The Morgan fingerprint density at radius 1 is 1.13 bits per heavy atom. The van der Waals surface area contributed by atoms with E-state index in [-0.39, 0.29) is 37.0 Å². The van der Waals surface area contributed by atoms with Crippen molar-refractivity contribution in [2.24, 2.45) is 0 Å². The molecule has 12 heteroatoms. The summed E-state index contributed by atoms with van der Waals surface area (Å²) >= 11 is 0. The number of ether oxygens (including phenoxy) is 1. The minimum Gasteiger partial charge on any atom is -0.355 e. The van der Waals surface area contributed by atoms with Crippen LogP contribution < -0.4 is 4.90 Å². The van der Waals surface area contributed by atoms with Gasteiger partial charge in [0.2, 0.25) is 16.0 Å². The third kappa shape index (κ3) is 3.52. The van der Waals surface area contributed by atoms with E-state index in [9.17, 15) is 21.6 Å². The number of aromatic nitrogens is 2. The van der Waals surface area contributed by atoms with Crippen molar-refractivity contribution in [3.05, 3.63) is 48.3 Å². The van der Waals surface area contributed by atoms with Crippen molar-refractivity contribution in [3.63, 3.8) is 0 Å². The summed E-state index contributed by atoms with van der Waals surface area (Å²) in [6.07, 6.45) is -5.59. The van der Waals surface area contributed by atoms with Crippen molar-refractivity contribution in [2.75, 3.05) is 31.1 Å². The fourth-order valence-electron chi connectivity index (χ4n) is 3.77. The van der Waals surface area contributed by atoms with Gasteiger partial charge in [-0.1, -0.05) is 18.2 Å². The molecule has 1 spiro atoms. The molecule has 7 nitrogen and oxygen atoms in total. The third-order valence-electron chi connectivity index (χ3n) is 5.23. The van der Waals surface area contributed by atoms with Crippen molar-refractivity contribution in [1.29, 1.82) is 0 Å². The van der Waals surface area contributed by atoms with Crippen LogP contribution in [0.3, 0.4) is 0 Å². The quantitative estimate of drug-likeness (QED) is 0.675. The maximum Gasteiger partial charge on any atom is 0.433 e. The molecule has 2 aromatic rings. The Kier molecular flexibility index (Phi) is 5.19. The second-order valence-electron chi connectivity index (χ2n) is 6.99. The van der Waals surface area contributed by atoms with Gasteiger partial charge in [0.25, 0.3) is 0 Å². The van der Waals surface area contributed by atoms with Gasteiger partial charge in [0, 0.05) is 25.7 Å². The van der Waals surface area contributed by atoms with Crippen molar-refractivity contribution in [3.8, 4) is 0 Å². The van der Waals surface area contributed by atoms with E-state index in [0.29, 0.717) is 0 Å². The normalized spacial score (nSPS) is 25.7.